The van der Waals surface area contributed by atoms with E-state index in [1.807, 2.05) is 48.5 Å². The number of anilines is 1. The lowest BCUT2D eigenvalue weighted by Gasteiger charge is -2.26. The fourth-order valence-corrected chi connectivity index (χ4v) is 5.30. The monoisotopic (exact) mass is 639 g/mol. The van der Waals surface area contributed by atoms with Crippen LogP contribution in [0.3, 0.4) is 0 Å². The van der Waals surface area contributed by atoms with E-state index in [0.29, 0.717) is 49.6 Å². The molecule has 4 rings (SSSR count). The van der Waals surface area contributed by atoms with Crippen molar-refractivity contribution in [3.05, 3.63) is 123 Å². The van der Waals surface area contributed by atoms with Crippen molar-refractivity contribution in [3.8, 4) is 0 Å². The Bertz CT molecular complexity index is 1470. The second-order valence-electron chi connectivity index (χ2n) is 9.71. The van der Waals surface area contributed by atoms with Crippen molar-refractivity contribution in [2.75, 3.05) is 11.6 Å². The lowest BCUT2D eigenvalue weighted by molar-refractivity contribution is -0.120. The molecule has 0 bridgehead atoms. The van der Waals surface area contributed by atoms with E-state index in [2.05, 4.69) is 25.9 Å². The summed E-state index contributed by atoms with van der Waals surface area (Å²) in [4.78, 5) is 35.4. The predicted octanol–water partition coefficient (Wildman–Crippen LogP) is 5.30. The molecule has 0 aliphatic rings. The Morgan fingerprint density at radius 1 is 0.814 bits per heavy atom. The summed E-state index contributed by atoms with van der Waals surface area (Å²) in [6, 6.07) is 20.6. The lowest BCUT2D eigenvalue weighted by atomic mass is 10.1. The number of halogens is 3. The fraction of sp³-hybridized carbons (Fsp3) is 0.226. The van der Waals surface area contributed by atoms with Crippen LogP contribution >= 0.6 is 34.8 Å². The van der Waals surface area contributed by atoms with Crippen molar-refractivity contribution >= 4 is 52.3 Å². The molecule has 2 aromatic heterocycles. The van der Waals surface area contributed by atoms with Gasteiger partial charge in [0.25, 0.3) is 11.8 Å². The standard InChI is InChI=1S/C31H32Cl3N7O2/c32-23-16-26(33)29(27(34)17-23)41(35)31(43)28(8-5-13-36-19-24-6-1-3-14-38-24)40-30(42)22-11-9-21(10-12-22)18-37-20-25-7-2-4-15-39-25/h1-4,6-7,9-12,14-17,28,36-37H,5,8,13,18-20,35H2,(H,40,42)/t28-/m0/s1. The van der Waals surface area contributed by atoms with Crippen LogP contribution in [-0.4, -0.2) is 34.4 Å². The highest BCUT2D eigenvalue weighted by atomic mass is 35.5. The summed E-state index contributed by atoms with van der Waals surface area (Å²) in [5.74, 6) is 5.23. The first kappa shape index (κ1) is 32.3. The molecule has 12 heteroatoms. The van der Waals surface area contributed by atoms with Gasteiger partial charge in [-0.2, -0.15) is 0 Å². The molecule has 43 heavy (non-hydrogen) atoms. The first-order valence-electron chi connectivity index (χ1n) is 13.7. The third-order valence-electron chi connectivity index (χ3n) is 6.52. The number of amides is 2. The molecule has 2 aromatic carbocycles. The zero-order chi connectivity index (χ0) is 30.6. The first-order chi connectivity index (χ1) is 20.8. The van der Waals surface area contributed by atoms with Gasteiger partial charge < -0.3 is 16.0 Å². The Morgan fingerprint density at radius 3 is 2.00 bits per heavy atom. The number of carbonyl (C=O) groups is 2. The molecule has 0 radical (unpaired) electrons. The van der Waals surface area contributed by atoms with Gasteiger partial charge in [-0.3, -0.25) is 19.6 Å². The minimum absolute atomic E-state index is 0.104. The second kappa shape index (κ2) is 16.3. The Kier molecular flexibility index (Phi) is 12.3. The second-order valence-corrected chi connectivity index (χ2v) is 11.0. The fourth-order valence-electron chi connectivity index (χ4n) is 4.30. The number of carbonyl (C=O) groups excluding carboxylic acids is 2. The van der Waals surface area contributed by atoms with E-state index in [1.165, 1.54) is 12.1 Å². The van der Waals surface area contributed by atoms with Crippen LogP contribution in [0.2, 0.25) is 15.1 Å². The van der Waals surface area contributed by atoms with Gasteiger partial charge in [-0.05, 0) is 73.5 Å². The number of nitrogens with one attached hydrogen (secondary N) is 3. The summed E-state index contributed by atoms with van der Waals surface area (Å²) in [7, 11) is 0. The number of hydrogen-bond donors (Lipinski definition) is 4. The summed E-state index contributed by atoms with van der Waals surface area (Å²) in [6.07, 6.45) is 4.37. The zero-order valence-electron chi connectivity index (χ0n) is 23.3. The van der Waals surface area contributed by atoms with Gasteiger partial charge in [0.05, 0.1) is 27.1 Å². The summed E-state index contributed by atoms with van der Waals surface area (Å²) in [6.45, 7) is 2.40. The van der Waals surface area contributed by atoms with E-state index in [-0.39, 0.29) is 15.7 Å². The molecule has 5 N–H and O–H groups in total. The Hall–Kier alpha value is -3.57. The van der Waals surface area contributed by atoms with E-state index in [9.17, 15) is 9.59 Å². The molecule has 0 aliphatic carbocycles. The first-order valence-corrected chi connectivity index (χ1v) is 14.8. The van der Waals surface area contributed by atoms with Crippen LogP contribution in [0.5, 0.6) is 0 Å². The number of hydrazine groups is 1. The SMILES string of the molecule is NN(C(=O)[C@H](CCCNCc1ccccn1)NC(=O)c1ccc(CNCc2ccccn2)cc1)c1c(Cl)cc(Cl)cc1Cl. The highest BCUT2D eigenvalue weighted by molar-refractivity contribution is 6.42. The average molecular weight is 641 g/mol. The average Bonchev–Trinajstić information content (AvgIpc) is 3.00. The van der Waals surface area contributed by atoms with Crippen molar-refractivity contribution < 1.29 is 9.59 Å². The van der Waals surface area contributed by atoms with E-state index < -0.39 is 17.9 Å². The normalized spacial score (nSPS) is 11.6. The van der Waals surface area contributed by atoms with Gasteiger partial charge >= 0.3 is 0 Å². The van der Waals surface area contributed by atoms with Crippen molar-refractivity contribution in [2.24, 2.45) is 5.84 Å². The van der Waals surface area contributed by atoms with Gasteiger partial charge in [-0.25, -0.2) is 10.9 Å². The summed E-state index contributed by atoms with van der Waals surface area (Å²) >= 11 is 18.7. The third-order valence-corrected chi connectivity index (χ3v) is 7.31. The van der Waals surface area contributed by atoms with Gasteiger partial charge in [-0.15, -0.1) is 0 Å². The quantitative estimate of drug-likeness (QED) is 0.0638. The van der Waals surface area contributed by atoms with Gasteiger partial charge in [0, 0.05) is 42.6 Å². The van der Waals surface area contributed by atoms with E-state index in [4.69, 9.17) is 40.6 Å². The predicted molar refractivity (Wildman–Crippen MR) is 171 cm³/mol. The van der Waals surface area contributed by atoms with Crippen molar-refractivity contribution in [3.63, 3.8) is 0 Å². The maximum Gasteiger partial charge on any atom is 0.263 e. The third kappa shape index (κ3) is 9.72. The highest BCUT2D eigenvalue weighted by Crippen LogP contribution is 2.35. The largest absolute Gasteiger partial charge is 0.340 e. The van der Waals surface area contributed by atoms with Crippen molar-refractivity contribution in [2.45, 2.75) is 38.5 Å². The molecule has 4 aromatic rings. The van der Waals surface area contributed by atoms with Crippen LogP contribution < -0.4 is 26.8 Å². The Labute approximate surface area is 265 Å². The molecule has 0 saturated carbocycles. The molecule has 1 atom stereocenters. The highest BCUT2D eigenvalue weighted by Gasteiger charge is 2.28. The molecule has 0 spiro atoms. The van der Waals surface area contributed by atoms with Crippen LogP contribution in [0.4, 0.5) is 5.69 Å². The maximum absolute atomic E-state index is 13.6. The number of aromatic nitrogens is 2. The molecule has 0 saturated heterocycles. The van der Waals surface area contributed by atoms with Crippen LogP contribution in [0.15, 0.2) is 85.2 Å². The Balaban J connectivity index is 1.39. The molecule has 2 amide bonds. The Morgan fingerprint density at radius 2 is 1.42 bits per heavy atom. The van der Waals surface area contributed by atoms with E-state index in [1.54, 1.807) is 24.5 Å². The lowest BCUT2D eigenvalue weighted by Crippen LogP contribution is -2.52. The smallest absolute Gasteiger partial charge is 0.263 e. The molecular weight excluding hydrogens is 609 g/mol. The summed E-state index contributed by atoms with van der Waals surface area (Å²) < 4.78 is 0. The van der Waals surface area contributed by atoms with Crippen molar-refractivity contribution in [1.29, 1.82) is 0 Å². The van der Waals surface area contributed by atoms with Gasteiger partial charge in [-0.1, -0.05) is 59.1 Å². The molecule has 0 unspecified atom stereocenters. The molecule has 224 valence electrons. The number of pyridine rings is 2. The summed E-state index contributed by atoms with van der Waals surface area (Å²) in [5, 5.41) is 10.9. The van der Waals surface area contributed by atoms with E-state index in [0.717, 1.165) is 22.0 Å². The molecule has 2 heterocycles. The molecule has 0 aliphatic heterocycles. The number of nitrogens with zero attached hydrogens (tertiary/aromatic N) is 3. The minimum atomic E-state index is -0.948. The zero-order valence-corrected chi connectivity index (χ0v) is 25.5. The molecule has 9 nitrogen and oxygen atoms in total. The topological polar surface area (TPSA) is 125 Å². The van der Waals surface area contributed by atoms with Crippen LogP contribution in [0.25, 0.3) is 0 Å². The van der Waals surface area contributed by atoms with Gasteiger partial charge in [0.2, 0.25) is 0 Å². The molecular formula is C31H32Cl3N7O2. The van der Waals surface area contributed by atoms with Gasteiger partial charge in [0.15, 0.2) is 0 Å². The van der Waals surface area contributed by atoms with Crippen LogP contribution in [0, 0.1) is 0 Å². The van der Waals surface area contributed by atoms with Crippen LogP contribution in [-0.2, 0) is 24.4 Å². The minimum Gasteiger partial charge on any atom is -0.340 e. The number of rotatable bonds is 14. The summed E-state index contributed by atoms with van der Waals surface area (Å²) in [5.41, 5.74) is 3.35. The number of benzene rings is 2. The van der Waals surface area contributed by atoms with Crippen LogP contribution in [0.1, 0.15) is 40.2 Å². The van der Waals surface area contributed by atoms with E-state index >= 15 is 0 Å². The molecule has 0 fully saturated rings. The van der Waals surface area contributed by atoms with Crippen molar-refractivity contribution in [1.82, 2.24) is 25.9 Å². The number of nitrogens with two attached hydrogens (primary N) is 1. The maximum atomic E-state index is 13.6. The number of hydrogen-bond acceptors (Lipinski definition) is 7. The van der Waals surface area contributed by atoms with Gasteiger partial charge in [0.1, 0.15) is 6.04 Å².